The lowest BCUT2D eigenvalue weighted by atomic mass is 9.48. The van der Waals surface area contributed by atoms with Crippen LogP contribution in [-0.4, -0.2) is 30.2 Å². The van der Waals surface area contributed by atoms with E-state index >= 15 is 0 Å². The Hall–Kier alpha value is -0.320. The first-order valence-electron chi connectivity index (χ1n) is 19.4. The summed E-state index contributed by atoms with van der Waals surface area (Å²) in [4.78, 5) is 10.9. The Morgan fingerprint density at radius 2 is 1.34 bits per heavy atom. The van der Waals surface area contributed by atoms with E-state index in [-0.39, 0.29) is 14.9 Å². The molecule has 0 amide bonds. The number of hydrogen-bond donors (Lipinski definition) is 2. The van der Waals surface area contributed by atoms with Crippen molar-refractivity contribution in [3.05, 3.63) is 13.2 Å². The van der Waals surface area contributed by atoms with Crippen molar-refractivity contribution in [2.24, 2.45) is 52.3 Å². The van der Waals surface area contributed by atoms with Crippen LogP contribution in [0, 0.1) is 52.3 Å². The van der Waals surface area contributed by atoms with Gasteiger partial charge in [-0.3, -0.25) is 0 Å². The Morgan fingerprint density at radius 3 is 1.74 bits per heavy atom. The summed E-state index contributed by atoms with van der Waals surface area (Å²) < 4.78 is 8.07. The number of fused-ring (bicyclic) bond motifs is 1. The molecule has 2 N–H and O–H groups in total. The Balaban J connectivity index is -0.000000177. The average molecular weight is 690 g/mol. The van der Waals surface area contributed by atoms with Crippen LogP contribution in [0.1, 0.15) is 189 Å². The van der Waals surface area contributed by atoms with E-state index in [4.69, 9.17) is 4.55 Å². The van der Waals surface area contributed by atoms with Crippen molar-refractivity contribution in [1.82, 2.24) is 5.32 Å². The van der Waals surface area contributed by atoms with Gasteiger partial charge in [-0.2, -0.15) is 0 Å². The third-order valence-electron chi connectivity index (χ3n) is 10.6. The molecule has 0 heterocycles. The van der Waals surface area contributed by atoms with Gasteiger partial charge >= 0.3 is 0 Å². The molecule has 0 bridgehead atoms. The van der Waals surface area contributed by atoms with Crippen molar-refractivity contribution in [3.63, 3.8) is 0 Å². The molecule has 8 atom stereocenters. The van der Waals surface area contributed by atoms with E-state index < -0.39 is 0 Å². The topological polar surface area (TPSA) is 49.3 Å². The van der Waals surface area contributed by atoms with Crippen molar-refractivity contribution >= 4 is 18.3 Å². The van der Waals surface area contributed by atoms with Gasteiger partial charge in [-0.05, 0) is 116 Å². The minimum atomic E-state index is 0. The van der Waals surface area contributed by atoms with Crippen LogP contribution in [-0.2, 0) is 4.79 Å². The van der Waals surface area contributed by atoms with E-state index in [9.17, 15) is 4.79 Å². The van der Waals surface area contributed by atoms with Crippen LogP contribution < -0.4 is 5.32 Å². The van der Waals surface area contributed by atoms with Gasteiger partial charge in [-0.15, -0.1) is 13.2 Å². The lowest BCUT2D eigenvalue weighted by Crippen LogP contribution is -2.50. The van der Waals surface area contributed by atoms with Crippen LogP contribution in [0.4, 0.5) is 0 Å². The highest BCUT2D eigenvalue weighted by Crippen LogP contribution is 2.66. The monoisotopic (exact) mass is 690 g/mol. The number of aldehydes is 1. The van der Waals surface area contributed by atoms with E-state index in [0.29, 0.717) is 16.7 Å². The fraction of sp³-hybridized carbons (Fsp3) is 0.930. The molecular formula is C43H95NO2S. The zero-order valence-electron chi connectivity index (χ0n) is 33.7. The molecule has 3 fully saturated rings. The van der Waals surface area contributed by atoms with Crippen molar-refractivity contribution in [2.75, 3.05) is 19.3 Å². The summed E-state index contributed by atoms with van der Waals surface area (Å²) in [7, 11) is 1.86. The first kappa shape index (κ1) is 58.9. The lowest BCUT2D eigenvalue weighted by molar-refractivity contribution is -0.108. The van der Waals surface area contributed by atoms with Gasteiger partial charge in [0.05, 0.1) is 0 Å². The minimum Gasteiger partial charge on any atom is -0.330 e. The van der Waals surface area contributed by atoms with Crippen LogP contribution in [0.15, 0.2) is 13.2 Å². The first-order chi connectivity index (χ1) is 21.6. The standard InChI is InChI=1S/C26H46O.C4H10.C3H9NOS.3C2H6.C2H4.2CH4/c1-6-20-12-8-9-16-25(20,4)24-15-17-26(5)22(19(3)11-10-18-27)13-14-23(26)21(24)7-2;1-4(2)3;1-4-2-3-6-5;4*1-2;;/h18-24H,6-17H2,1-5H3;4H,1-3H3;4-5H,2-3H2,1H3;3*1-2H3;1-2H2;2*1H4/t19-,20?,21?,22?,23?,24?,25?,26?;;;;;;;;/m1......../s1. The number of rotatable bonds is 10. The largest absolute Gasteiger partial charge is 0.330 e. The summed E-state index contributed by atoms with van der Waals surface area (Å²) in [6.45, 7) is 38.1. The predicted molar refractivity (Wildman–Crippen MR) is 224 cm³/mol. The van der Waals surface area contributed by atoms with Gasteiger partial charge in [0.2, 0.25) is 0 Å². The molecule has 3 aliphatic rings. The second-order valence-corrected chi connectivity index (χ2v) is 14.4. The van der Waals surface area contributed by atoms with Crippen LogP contribution >= 0.6 is 12.0 Å². The maximum Gasteiger partial charge on any atom is 0.120 e. The quantitative estimate of drug-likeness (QED) is 0.104. The van der Waals surface area contributed by atoms with E-state index in [1.807, 2.05) is 48.6 Å². The van der Waals surface area contributed by atoms with Gasteiger partial charge in [-0.1, -0.05) is 137 Å². The van der Waals surface area contributed by atoms with Crippen molar-refractivity contribution < 1.29 is 9.35 Å². The van der Waals surface area contributed by atoms with E-state index in [1.165, 1.54) is 64.2 Å². The summed E-state index contributed by atoms with van der Waals surface area (Å²) in [5.41, 5.74) is 1.13. The molecule has 3 aliphatic carbocycles. The van der Waals surface area contributed by atoms with Crippen molar-refractivity contribution in [1.29, 1.82) is 0 Å². The molecule has 0 saturated heterocycles. The first-order valence-corrected chi connectivity index (χ1v) is 20.4. The number of nitrogens with one attached hydrogen (secondary N) is 1. The summed E-state index contributed by atoms with van der Waals surface area (Å²) in [6, 6.07) is 0. The Bertz CT molecular complexity index is 622. The highest BCUT2D eigenvalue weighted by Gasteiger charge is 2.57. The number of hydrogen-bond acceptors (Lipinski definition) is 4. The zero-order valence-corrected chi connectivity index (χ0v) is 34.5. The molecule has 0 spiro atoms. The van der Waals surface area contributed by atoms with Gasteiger partial charge in [0.15, 0.2) is 0 Å². The van der Waals surface area contributed by atoms with Gasteiger partial charge in [0.1, 0.15) is 6.29 Å². The fourth-order valence-corrected chi connectivity index (χ4v) is 9.22. The third-order valence-corrected chi connectivity index (χ3v) is 11.0. The fourth-order valence-electron chi connectivity index (χ4n) is 8.92. The molecule has 0 radical (unpaired) electrons. The highest BCUT2D eigenvalue weighted by atomic mass is 32.2. The summed E-state index contributed by atoms with van der Waals surface area (Å²) in [5, 5.41) is 2.89. The number of carbonyl (C=O) groups excluding carboxylic acids is 1. The SMILES string of the molecule is C.C.C=C.CC.CC.CC.CC(C)C.CCC1C(C2(C)CCCCC2CC)CCC2(C)C1CCC2[C@H](C)CCC=O.CNCCSO. The van der Waals surface area contributed by atoms with Gasteiger partial charge in [-0.25, -0.2) is 0 Å². The summed E-state index contributed by atoms with van der Waals surface area (Å²) >= 11 is 0.864. The molecule has 47 heavy (non-hydrogen) atoms. The van der Waals surface area contributed by atoms with Gasteiger partial charge < -0.3 is 14.7 Å². The molecule has 0 aliphatic heterocycles. The minimum absolute atomic E-state index is 0. The van der Waals surface area contributed by atoms with Crippen LogP contribution in [0.2, 0.25) is 0 Å². The van der Waals surface area contributed by atoms with Gasteiger partial charge in [0, 0.05) is 18.7 Å². The molecule has 3 rings (SSSR count). The van der Waals surface area contributed by atoms with E-state index in [2.05, 4.69) is 73.9 Å². The average Bonchev–Trinajstić information content (AvgIpc) is 3.43. The van der Waals surface area contributed by atoms with Crippen LogP contribution in [0.3, 0.4) is 0 Å². The van der Waals surface area contributed by atoms with Gasteiger partial charge in [0.25, 0.3) is 0 Å². The van der Waals surface area contributed by atoms with Crippen LogP contribution in [0.5, 0.6) is 0 Å². The second kappa shape index (κ2) is 36.9. The molecule has 3 nitrogen and oxygen atoms in total. The molecule has 7 unspecified atom stereocenters. The second-order valence-electron chi connectivity index (χ2n) is 13.8. The highest BCUT2D eigenvalue weighted by molar-refractivity contribution is 7.93. The third kappa shape index (κ3) is 20.2. The molecule has 3 saturated carbocycles. The summed E-state index contributed by atoms with van der Waals surface area (Å²) in [5.74, 6) is 6.95. The van der Waals surface area contributed by atoms with Crippen LogP contribution in [0.25, 0.3) is 0 Å². The molecule has 0 aromatic heterocycles. The van der Waals surface area contributed by atoms with Crippen molar-refractivity contribution in [3.8, 4) is 0 Å². The molecular weight excluding hydrogens is 595 g/mol. The Kier molecular flexibility index (Phi) is 46.3. The molecule has 4 heteroatoms. The van der Waals surface area contributed by atoms with E-state index in [1.54, 1.807) is 0 Å². The summed E-state index contributed by atoms with van der Waals surface area (Å²) in [6.07, 6.45) is 17.4. The maximum absolute atomic E-state index is 10.9. The Morgan fingerprint density at radius 1 is 0.830 bits per heavy atom. The predicted octanol–water partition coefficient (Wildman–Crippen LogP) is 14.9. The number of carbonyl (C=O) groups is 1. The molecule has 0 aromatic rings. The lowest BCUT2D eigenvalue weighted by Gasteiger charge is -2.57. The normalized spacial score (nSPS) is 28.8. The smallest absolute Gasteiger partial charge is 0.120 e. The van der Waals surface area contributed by atoms with Crippen molar-refractivity contribution in [2.45, 2.75) is 189 Å². The Labute approximate surface area is 305 Å². The molecule has 0 aromatic carbocycles. The van der Waals surface area contributed by atoms with E-state index in [0.717, 1.165) is 79.0 Å². The molecule has 290 valence electrons. The maximum atomic E-state index is 10.9. The zero-order chi connectivity index (χ0) is 36.1.